The molecule has 0 saturated carbocycles. The Morgan fingerprint density at radius 3 is 3.00 bits per heavy atom. The Hall–Kier alpha value is -0.920. The number of sulfonamides is 1. The van der Waals surface area contributed by atoms with Crippen LogP contribution in [0.5, 0.6) is 0 Å². The molecular formula is C11H20N4O2S. The molecule has 1 saturated heterocycles. The maximum absolute atomic E-state index is 12.5. The fourth-order valence-corrected chi connectivity index (χ4v) is 3.88. The minimum atomic E-state index is -3.47. The van der Waals surface area contributed by atoms with Gasteiger partial charge in [-0.1, -0.05) is 6.92 Å². The molecular weight excluding hydrogens is 252 g/mol. The van der Waals surface area contributed by atoms with Gasteiger partial charge in [-0.05, 0) is 25.2 Å². The highest BCUT2D eigenvalue weighted by atomic mass is 32.2. The molecule has 2 rings (SSSR count). The number of nitrogens with one attached hydrogen (secondary N) is 1. The average molecular weight is 272 g/mol. The molecule has 0 radical (unpaired) electrons. The zero-order chi connectivity index (χ0) is 13.2. The molecule has 0 spiro atoms. The summed E-state index contributed by atoms with van der Waals surface area (Å²) in [4.78, 5) is 0. The van der Waals surface area contributed by atoms with E-state index in [-0.39, 0.29) is 11.6 Å². The highest BCUT2D eigenvalue weighted by molar-refractivity contribution is 7.89. The lowest BCUT2D eigenvalue weighted by Gasteiger charge is -2.19. The summed E-state index contributed by atoms with van der Waals surface area (Å²) in [6.45, 7) is 3.50. The molecule has 1 aromatic heterocycles. The molecule has 1 fully saturated rings. The Kier molecular flexibility index (Phi) is 4.04. The van der Waals surface area contributed by atoms with Crippen molar-refractivity contribution < 1.29 is 8.42 Å². The highest BCUT2D eigenvalue weighted by Gasteiger charge is 2.29. The van der Waals surface area contributed by atoms with Crippen molar-refractivity contribution in [2.45, 2.75) is 37.8 Å². The van der Waals surface area contributed by atoms with Crippen LogP contribution in [0, 0.1) is 5.92 Å². The number of H-pyrrole nitrogens is 1. The zero-order valence-electron chi connectivity index (χ0n) is 10.6. The number of nitrogens with zero attached hydrogens (tertiary/aromatic N) is 2. The summed E-state index contributed by atoms with van der Waals surface area (Å²) < 4.78 is 26.5. The van der Waals surface area contributed by atoms with E-state index in [1.54, 1.807) is 4.31 Å². The van der Waals surface area contributed by atoms with Gasteiger partial charge in [0.25, 0.3) is 10.0 Å². The summed E-state index contributed by atoms with van der Waals surface area (Å²) >= 11 is 0. The molecule has 102 valence electrons. The van der Waals surface area contributed by atoms with Crippen molar-refractivity contribution >= 4 is 10.0 Å². The van der Waals surface area contributed by atoms with Crippen molar-refractivity contribution in [3.63, 3.8) is 0 Å². The molecule has 1 aliphatic heterocycles. The summed E-state index contributed by atoms with van der Waals surface area (Å²) in [5, 5.41) is 6.50. The van der Waals surface area contributed by atoms with Crippen molar-refractivity contribution in [2.75, 3.05) is 13.1 Å². The van der Waals surface area contributed by atoms with Crippen molar-refractivity contribution in [3.05, 3.63) is 11.8 Å². The van der Waals surface area contributed by atoms with Gasteiger partial charge in [0, 0.05) is 25.2 Å². The number of nitrogens with two attached hydrogens (primary N) is 1. The van der Waals surface area contributed by atoms with Gasteiger partial charge in [0.05, 0.1) is 6.20 Å². The Bertz CT molecular complexity index is 497. The van der Waals surface area contributed by atoms with Crippen LogP contribution in [0.3, 0.4) is 0 Å². The summed E-state index contributed by atoms with van der Waals surface area (Å²) in [6.07, 6.45) is 4.38. The number of aromatic nitrogens is 2. The maximum atomic E-state index is 12.5. The normalized spacial score (nSPS) is 22.9. The Balaban J connectivity index is 2.25. The first-order valence-corrected chi connectivity index (χ1v) is 7.72. The Morgan fingerprint density at radius 1 is 1.50 bits per heavy atom. The van der Waals surface area contributed by atoms with Gasteiger partial charge >= 0.3 is 0 Å². The molecule has 1 atom stereocenters. The third-order valence-corrected chi connectivity index (χ3v) is 5.39. The van der Waals surface area contributed by atoms with Gasteiger partial charge in [0.1, 0.15) is 0 Å². The van der Waals surface area contributed by atoms with Crippen LogP contribution in [0.2, 0.25) is 0 Å². The minimum absolute atomic E-state index is 0.152. The van der Waals surface area contributed by atoms with E-state index in [2.05, 4.69) is 17.1 Å². The number of rotatable bonds is 3. The third kappa shape index (κ3) is 2.57. The molecule has 0 bridgehead atoms. The van der Waals surface area contributed by atoms with Gasteiger partial charge in [0.15, 0.2) is 5.03 Å². The zero-order valence-corrected chi connectivity index (χ0v) is 11.4. The molecule has 0 aliphatic carbocycles. The minimum Gasteiger partial charge on any atom is -0.326 e. The van der Waals surface area contributed by atoms with E-state index in [9.17, 15) is 8.42 Å². The molecule has 1 aromatic rings. The molecule has 0 amide bonds. The van der Waals surface area contributed by atoms with Crippen molar-refractivity contribution in [2.24, 2.45) is 11.7 Å². The summed E-state index contributed by atoms with van der Waals surface area (Å²) in [6, 6.07) is 0. The van der Waals surface area contributed by atoms with Crippen molar-refractivity contribution in [1.82, 2.24) is 14.5 Å². The largest absolute Gasteiger partial charge is 0.326 e. The number of hydrogen-bond donors (Lipinski definition) is 2. The average Bonchev–Trinajstić information content (AvgIpc) is 2.72. The number of aromatic amines is 1. The predicted molar refractivity (Wildman–Crippen MR) is 68.3 cm³/mol. The Labute approximate surface area is 108 Å². The third-order valence-electron chi connectivity index (χ3n) is 3.47. The second kappa shape index (κ2) is 5.38. The van der Waals surface area contributed by atoms with Crippen LogP contribution < -0.4 is 5.73 Å². The Morgan fingerprint density at radius 2 is 2.28 bits per heavy atom. The monoisotopic (exact) mass is 272 g/mol. The van der Waals surface area contributed by atoms with Gasteiger partial charge < -0.3 is 5.73 Å². The van der Waals surface area contributed by atoms with Crippen molar-refractivity contribution in [1.29, 1.82) is 0 Å². The van der Waals surface area contributed by atoms with E-state index in [4.69, 9.17) is 5.73 Å². The fraction of sp³-hybridized carbons (Fsp3) is 0.727. The van der Waals surface area contributed by atoms with Gasteiger partial charge in [0.2, 0.25) is 0 Å². The van der Waals surface area contributed by atoms with E-state index >= 15 is 0 Å². The molecule has 18 heavy (non-hydrogen) atoms. The lowest BCUT2D eigenvalue weighted by molar-refractivity contribution is 0.414. The lowest BCUT2D eigenvalue weighted by Crippen LogP contribution is -2.33. The van der Waals surface area contributed by atoms with E-state index in [0.29, 0.717) is 24.6 Å². The van der Waals surface area contributed by atoms with Crippen LogP contribution in [-0.4, -0.2) is 36.0 Å². The van der Waals surface area contributed by atoms with Crippen LogP contribution in [-0.2, 0) is 16.6 Å². The van der Waals surface area contributed by atoms with Crippen LogP contribution in [0.4, 0.5) is 0 Å². The molecule has 1 unspecified atom stereocenters. The SMILES string of the molecule is CC1CCCN(S(=O)(=O)c2[nH]ncc2CN)CC1. The summed E-state index contributed by atoms with van der Waals surface area (Å²) in [5.41, 5.74) is 6.08. The second-order valence-corrected chi connectivity index (χ2v) is 6.74. The first kappa shape index (κ1) is 13.5. The molecule has 3 N–H and O–H groups in total. The van der Waals surface area contributed by atoms with Gasteiger partial charge in [-0.15, -0.1) is 0 Å². The van der Waals surface area contributed by atoms with Crippen LogP contribution in [0.15, 0.2) is 11.2 Å². The topological polar surface area (TPSA) is 92.1 Å². The maximum Gasteiger partial charge on any atom is 0.260 e. The summed E-state index contributed by atoms with van der Waals surface area (Å²) in [7, 11) is -3.47. The quantitative estimate of drug-likeness (QED) is 0.846. The molecule has 6 nitrogen and oxygen atoms in total. The van der Waals surface area contributed by atoms with Crippen LogP contribution in [0.1, 0.15) is 31.7 Å². The van der Waals surface area contributed by atoms with E-state index in [1.165, 1.54) is 6.20 Å². The van der Waals surface area contributed by atoms with Gasteiger partial charge in [-0.25, -0.2) is 8.42 Å². The highest BCUT2D eigenvalue weighted by Crippen LogP contribution is 2.23. The lowest BCUT2D eigenvalue weighted by atomic mass is 10.0. The number of hydrogen-bond acceptors (Lipinski definition) is 4. The first-order valence-electron chi connectivity index (χ1n) is 6.28. The van der Waals surface area contributed by atoms with Crippen molar-refractivity contribution in [3.8, 4) is 0 Å². The molecule has 0 aromatic carbocycles. The molecule has 7 heteroatoms. The summed E-state index contributed by atoms with van der Waals surface area (Å²) in [5.74, 6) is 0.584. The van der Waals surface area contributed by atoms with E-state index in [1.807, 2.05) is 0 Å². The predicted octanol–water partition coefficient (Wildman–Crippen LogP) is 0.679. The van der Waals surface area contributed by atoms with Crippen LogP contribution in [0.25, 0.3) is 0 Å². The standard InChI is InChI=1S/C11H20N4O2S/c1-9-3-2-5-15(6-4-9)18(16,17)11-10(7-12)8-13-14-11/h8-9H,2-7,12H2,1H3,(H,13,14). The smallest absolute Gasteiger partial charge is 0.260 e. The van der Waals surface area contributed by atoms with E-state index in [0.717, 1.165) is 19.3 Å². The molecule has 2 heterocycles. The van der Waals surface area contributed by atoms with Crippen LogP contribution >= 0.6 is 0 Å². The van der Waals surface area contributed by atoms with Gasteiger partial charge in [-0.2, -0.15) is 9.40 Å². The van der Waals surface area contributed by atoms with E-state index < -0.39 is 10.0 Å². The van der Waals surface area contributed by atoms with Gasteiger partial charge in [-0.3, -0.25) is 5.10 Å². The second-order valence-electron chi connectivity index (χ2n) is 4.87. The fourth-order valence-electron chi connectivity index (χ4n) is 2.27. The first-order chi connectivity index (χ1) is 8.55. The molecule has 1 aliphatic rings.